The molecule has 1 heterocycles. The number of piperazine rings is 1. The summed E-state index contributed by atoms with van der Waals surface area (Å²) in [6.45, 7) is 6.96. The van der Waals surface area contributed by atoms with E-state index in [1.54, 1.807) is 6.07 Å². The fourth-order valence-electron chi connectivity index (χ4n) is 2.97. The average molecular weight is 394 g/mol. The molecule has 0 aliphatic carbocycles. The van der Waals surface area contributed by atoms with Gasteiger partial charge in [0.2, 0.25) is 0 Å². The van der Waals surface area contributed by atoms with E-state index in [0.29, 0.717) is 15.2 Å². The number of aryl methyl sites for hydroxylation is 1. The Balaban J connectivity index is 1.53. The van der Waals surface area contributed by atoms with Gasteiger partial charge in [-0.1, -0.05) is 47.5 Å². The van der Waals surface area contributed by atoms with Crippen molar-refractivity contribution >= 4 is 46.2 Å². The first-order valence-corrected chi connectivity index (χ1v) is 9.46. The number of nitrogens with zero attached hydrogens (tertiary/aromatic N) is 2. The van der Waals surface area contributed by atoms with Gasteiger partial charge in [0, 0.05) is 48.5 Å². The molecule has 2 aromatic rings. The monoisotopic (exact) mass is 393 g/mol. The van der Waals surface area contributed by atoms with Crippen molar-refractivity contribution in [2.75, 3.05) is 31.5 Å². The zero-order valence-corrected chi connectivity index (χ0v) is 16.5. The van der Waals surface area contributed by atoms with E-state index in [4.69, 9.17) is 35.4 Å². The largest absolute Gasteiger partial charge is 0.346 e. The van der Waals surface area contributed by atoms with Crippen molar-refractivity contribution in [3.8, 4) is 0 Å². The van der Waals surface area contributed by atoms with Crippen molar-refractivity contribution in [2.45, 2.75) is 13.5 Å². The summed E-state index contributed by atoms with van der Waals surface area (Å²) in [6.07, 6.45) is 0. The normalized spacial score (nSPS) is 15.2. The SMILES string of the molecule is Cc1ccccc1CN1CCN(C(=S)Nc2cc(Cl)cc(Cl)c2)CC1. The molecule has 25 heavy (non-hydrogen) atoms. The van der Waals surface area contributed by atoms with Crippen LogP contribution in [-0.2, 0) is 6.54 Å². The summed E-state index contributed by atoms with van der Waals surface area (Å²) < 4.78 is 0. The molecule has 2 aromatic carbocycles. The Hall–Kier alpha value is -1.33. The lowest BCUT2D eigenvalue weighted by Crippen LogP contribution is -2.49. The third-order valence-corrected chi connectivity index (χ3v) is 5.23. The van der Waals surface area contributed by atoms with Gasteiger partial charge in [-0.15, -0.1) is 0 Å². The highest BCUT2D eigenvalue weighted by Crippen LogP contribution is 2.23. The lowest BCUT2D eigenvalue weighted by molar-refractivity contribution is 0.176. The predicted molar refractivity (Wildman–Crippen MR) is 111 cm³/mol. The highest BCUT2D eigenvalue weighted by atomic mass is 35.5. The van der Waals surface area contributed by atoms with E-state index in [9.17, 15) is 0 Å². The second-order valence-corrected chi connectivity index (χ2v) is 7.54. The topological polar surface area (TPSA) is 18.5 Å². The minimum absolute atomic E-state index is 0.598. The molecule has 1 N–H and O–H groups in total. The molecule has 3 nitrogen and oxygen atoms in total. The third kappa shape index (κ3) is 5.08. The van der Waals surface area contributed by atoms with Crippen LogP contribution >= 0.6 is 35.4 Å². The number of anilines is 1. The van der Waals surface area contributed by atoms with Gasteiger partial charge in [-0.2, -0.15) is 0 Å². The van der Waals surface area contributed by atoms with Crippen molar-refractivity contribution in [3.05, 3.63) is 63.6 Å². The number of thiocarbonyl (C=S) groups is 1. The molecule has 0 radical (unpaired) electrons. The summed E-state index contributed by atoms with van der Waals surface area (Å²) in [5.41, 5.74) is 3.56. The van der Waals surface area contributed by atoms with Gasteiger partial charge >= 0.3 is 0 Å². The number of halogens is 2. The first-order chi connectivity index (χ1) is 12.0. The highest BCUT2D eigenvalue weighted by molar-refractivity contribution is 7.80. The van der Waals surface area contributed by atoms with Crippen molar-refractivity contribution in [1.29, 1.82) is 0 Å². The lowest BCUT2D eigenvalue weighted by atomic mass is 10.1. The summed E-state index contributed by atoms with van der Waals surface area (Å²) in [4.78, 5) is 4.66. The standard InChI is InChI=1S/C19H21Cl2N3S/c1-14-4-2-3-5-15(14)13-23-6-8-24(9-7-23)19(25)22-18-11-16(20)10-17(21)12-18/h2-5,10-12H,6-9,13H2,1H3,(H,22,25). The molecule has 0 bridgehead atoms. The molecule has 0 atom stereocenters. The summed E-state index contributed by atoms with van der Waals surface area (Å²) >= 11 is 17.6. The molecule has 132 valence electrons. The van der Waals surface area contributed by atoms with E-state index in [2.05, 4.69) is 46.3 Å². The van der Waals surface area contributed by atoms with Gasteiger partial charge in [-0.3, -0.25) is 4.90 Å². The minimum atomic E-state index is 0.598. The van der Waals surface area contributed by atoms with Crippen LogP contribution in [0.15, 0.2) is 42.5 Å². The molecule has 1 fully saturated rings. The van der Waals surface area contributed by atoms with Crippen LogP contribution in [0.5, 0.6) is 0 Å². The van der Waals surface area contributed by atoms with Crippen LogP contribution in [0, 0.1) is 6.92 Å². The molecule has 0 spiro atoms. The van der Waals surface area contributed by atoms with Gasteiger partial charge in [-0.05, 0) is 48.5 Å². The Morgan fingerprint density at radius 1 is 1.04 bits per heavy atom. The summed E-state index contributed by atoms with van der Waals surface area (Å²) in [5, 5.41) is 5.15. The molecule has 1 aliphatic heterocycles. The molecule has 3 rings (SSSR count). The Bertz CT molecular complexity index is 738. The number of benzene rings is 2. The van der Waals surface area contributed by atoms with Crippen molar-refractivity contribution in [2.24, 2.45) is 0 Å². The number of hydrogen-bond donors (Lipinski definition) is 1. The zero-order valence-electron chi connectivity index (χ0n) is 14.1. The smallest absolute Gasteiger partial charge is 0.173 e. The van der Waals surface area contributed by atoms with Crippen LogP contribution < -0.4 is 5.32 Å². The second kappa shape index (κ2) is 8.37. The van der Waals surface area contributed by atoms with E-state index >= 15 is 0 Å². The summed E-state index contributed by atoms with van der Waals surface area (Å²) in [6, 6.07) is 13.9. The van der Waals surface area contributed by atoms with Crippen molar-refractivity contribution in [1.82, 2.24) is 9.80 Å². The predicted octanol–water partition coefficient (Wildman–Crippen LogP) is 4.82. The Morgan fingerprint density at radius 3 is 2.32 bits per heavy atom. The van der Waals surface area contributed by atoms with Crippen LogP contribution in [0.25, 0.3) is 0 Å². The lowest BCUT2D eigenvalue weighted by Gasteiger charge is -2.36. The van der Waals surface area contributed by atoms with Crippen molar-refractivity contribution < 1.29 is 0 Å². The van der Waals surface area contributed by atoms with Crippen LogP contribution in [0.4, 0.5) is 5.69 Å². The molecular formula is C19H21Cl2N3S. The molecular weight excluding hydrogens is 373 g/mol. The van der Waals surface area contributed by atoms with Gasteiger partial charge in [0.15, 0.2) is 5.11 Å². The molecule has 0 unspecified atom stereocenters. The second-order valence-electron chi connectivity index (χ2n) is 6.28. The molecule has 0 amide bonds. The third-order valence-electron chi connectivity index (χ3n) is 4.43. The van der Waals surface area contributed by atoms with E-state index in [0.717, 1.165) is 38.4 Å². The van der Waals surface area contributed by atoms with Crippen LogP contribution in [0.2, 0.25) is 10.0 Å². The fourth-order valence-corrected chi connectivity index (χ4v) is 3.79. The fraction of sp³-hybridized carbons (Fsp3) is 0.316. The molecule has 0 saturated carbocycles. The Kier molecular flexibility index (Phi) is 6.18. The number of rotatable bonds is 3. The first-order valence-electron chi connectivity index (χ1n) is 8.30. The molecule has 0 aromatic heterocycles. The van der Waals surface area contributed by atoms with Gasteiger partial charge in [-0.25, -0.2) is 0 Å². The molecule has 1 saturated heterocycles. The van der Waals surface area contributed by atoms with Crippen LogP contribution in [0.3, 0.4) is 0 Å². The molecule has 1 aliphatic rings. The Morgan fingerprint density at radius 2 is 1.68 bits per heavy atom. The summed E-state index contributed by atoms with van der Waals surface area (Å²) in [7, 11) is 0. The van der Waals surface area contributed by atoms with Gasteiger partial charge in [0.1, 0.15) is 0 Å². The van der Waals surface area contributed by atoms with Crippen LogP contribution in [0.1, 0.15) is 11.1 Å². The van der Waals surface area contributed by atoms with Crippen LogP contribution in [-0.4, -0.2) is 41.1 Å². The summed E-state index contributed by atoms with van der Waals surface area (Å²) in [5.74, 6) is 0. The first kappa shape index (κ1) is 18.5. The van der Waals surface area contributed by atoms with E-state index in [1.165, 1.54) is 11.1 Å². The van der Waals surface area contributed by atoms with Gasteiger partial charge < -0.3 is 10.2 Å². The van der Waals surface area contributed by atoms with Gasteiger partial charge in [0.25, 0.3) is 0 Å². The van der Waals surface area contributed by atoms with E-state index in [-0.39, 0.29) is 0 Å². The number of nitrogens with one attached hydrogen (secondary N) is 1. The highest BCUT2D eigenvalue weighted by Gasteiger charge is 2.19. The minimum Gasteiger partial charge on any atom is -0.346 e. The van der Waals surface area contributed by atoms with Crippen molar-refractivity contribution in [3.63, 3.8) is 0 Å². The zero-order chi connectivity index (χ0) is 17.8. The maximum absolute atomic E-state index is 6.04. The maximum Gasteiger partial charge on any atom is 0.173 e. The maximum atomic E-state index is 6.04. The number of hydrogen-bond acceptors (Lipinski definition) is 2. The van der Waals surface area contributed by atoms with E-state index < -0.39 is 0 Å². The van der Waals surface area contributed by atoms with Gasteiger partial charge in [0.05, 0.1) is 0 Å². The quantitative estimate of drug-likeness (QED) is 0.753. The Labute approximate surface area is 164 Å². The average Bonchev–Trinajstić information content (AvgIpc) is 2.56. The molecule has 6 heteroatoms. The van der Waals surface area contributed by atoms with E-state index in [1.807, 2.05) is 12.1 Å².